The first kappa shape index (κ1) is 9.06. The van der Waals surface area contributed by atoms with Gasteiger partial charge in [-0.15, -0.1) is 0 Å². The average molecular weight is 190 g/mol. The first-order chi connectivity index (χ1) is 6.77. The molecule has 0 spiro atoms. The van der Waals surface area contributed by atoms with E-state index in [4.69, 9.17) is 0 Å². The summed E-state index contributed by atoms with van der Waals surface area (Å²) in [5, 5.41) is 10.5. The maximum atomic E-state index is 10.5. The third-order valence-corrected chi connectivity index (χ3v) is 2.57. The van der Waals surface area contributed by atoms with E-state index in [1.54, 1.807) is 12.1 Å². The minimum Gasteiger partial charge on any atom is -0.372 e. The van der Waals surface area contributed by atoms with Crippen LogP contribution in [0.1, 0.15) is 23.2 Å². The number of nitrogens with zero attached hydrogens (tertiary/aromatic N) is 1. The molecule has 1 saturated heterocycles. The van der Waals surface area contributed by atoms with Crippen molar-refractivity contribution in [3.8, 4) is 0 Å². The molecule has 0 bridgehead atoms. The molecule has 3 heteroatoms. The molecule has 1 aliphatic heterocycles. The number of rotatable bonds is 2. The summed E-state index contributed by atoms with van der Waals surface area (Å²) in [7, 11) is 0. The van der Waals surface area contributed by atoms with Crippen LogP contribution in [0.4, 0.5) is 5.69 Å². The standard InChI is InChI=1S/C11H12NO2/c13-11(14)9-3-5-10(6-4-9)12-7-1-2-8-12/h3-6H,1-2,7-8H2. The molecule has 14 heavy (non-hydrogen) atoms. The molecule has 3 nitrogen and oxygen atoms in total. The van der Waals surface area contributed by atoms with E-state index in [0.29, 0.717) is 0 Å². The number of benzene rings is 1. The third-order valence-electron chi connectivity index (χ3n) is 2.57. The van der Waals surface area contributed by atoms with E-state index < -0.39 is 5.97 Å². The zero-order chi connectivity index (χ0) is 9.97. The van der Waals surface area contributed by atoms with Crippen LogP contribution in [0.2, 0.25) is 0 Å². The lowest BCUT2D eigenvalue weighted by Crippen LogP contribution is -2.17. The maximum absolute atomic E-state index is 10.5. The highest BCUT2D eigenvalue weighted by molar-refractivity contribution is 5.87. The van der Waals surface area contributed by atoms with E-state index in [2.05, 4.69) is 4.90 Å². The summed E-state index contributed by atoms with van der Waals surface area (Å²) < 4.78 is 0. The zero-order valence-electron chi connectivity index (χ0n) is 7.90. The zero-order valence-corrected chi connectivity index (χ0v) is 7.90. The quantitative estimate of drug-likeness (QED) is 0.714. The highest BCUT2D eigenvalue weighted by Gasteiger charge is 2.12. The SMILES string of the molecule is [O]C(=O)c1ccc(N2CCCC2)cc1. The van der Waals surface area contributed by atoms with E-state index in [1.165, 1.54) is 12.8 Å². The highest BCUT2D eigenvalue weighted by atomic mass is 16.4. The van der Waals surface area contributed by atoms with E-state index in [-0.39, 0.29) is 5.56 Å². The summed E-state index contributed by atoms with van der Waals surface area (Å²) in [4.78, 5) is 12.8. The largest absolute Gasteiger partial charge is 0.386 e. The second-order valence-electron chi connectivity index (χ2n) is 3.53. The Bertz CT molecular complexity index is 326. The smallest absolute Gasteiger partial charge is 0.372 e. The van der Waals surface area contributed by atoms with Gasteiger partial charge in [-0.2, -0.15) is 0 Å². The lowest BCUT2D eigenvalue weighted by atomic mass is 10.2. The van der Waals surface area contributed by atoms with Gasteiger partial charge < -0.3 is 4.90 Å². The Morgan fingerprint density at radius 1 is 1.07 bits per heavy atom. The monoisotopic (exact) mass is 190 g/mol. The molecule has 0 atom stereocenters. The van der Waals surface area contributed by atoms with Crippen LogP contribution in [-0.4, -0.2) is 19.1 Å². The summed E-state index contributed by atoms with van der Waals surface area (Å²) in [6.07, 6.45) is 2.45. The summed E-state index contributed by atoms with van der Waals surface area (Å²) >= 11 is 0. The van der Waals surface area contributed by atoms with Gasteiger partial charge in [0, 0.05) is 18.8 Å². The number of hydrogen-bond acceptors (Lipinski definition) is 2. The van der Waals surface area contributed by atoms with Crippen molar-refractivity contribution in [3.05, 3.63) is 29.8 Å². The van der Waals surface area contributed by atoms with Gasteiger partial charge in [0.1, 0.15) is 0 Å². The fraction of sp³-hybridized carbons (Fsp3) is 0.364. The van der Waals surface area contributed by atoms with E-state index >= 15 is 0 Å². The summed E-state index contributed by atoms with van der Waals surface area (Å²) in [5.74, 6) is -1.11. The van der Waals surface area contributed by atoms with Crippen molar-refractivity contribution in [2.45, 2.75) is 12.8 Å². The molecule has 1 radical (unpaired) electrons. The van der Waals surface area contributed by atoms with Crippen molar-refractivity contribution < 1.29 is 9.90 Å². The average Bonchev–Trinajstić information content (AvgIpc) is 2.71. The number of carbonyl (C=O) groups excluding carboxylic acids is 1. The lowest BCUT2D eigenvalue weighted by Gasteiger charge is -2.17. The minimum absolute atomic E-state index is 0.243. The van der Waals surface area contributed by atoms with Gasteiger partial charge in [-0.25, -0.2) is 9.90 Å². The van der Waals surface area contributed by atoms with Crippen LogP contribution >= 0.6 is 0 Å². The Morgan fingerprint density at radius 2 is 1.64 bits per heavy atom. The molecule has 1 heterocycles. The molecule has 1 fully saturated rings. The molecule has 0 amide bonds. The topological polar surface area (TPSA) is 40.2 Å². The highest BCUT2D eigenvalue weighted by Crippen LogP contribution is 2.20. The molecule has 0 saturated carbocycles. The Hall–Kier alpha value is -1.51. The van der Waals surface area contributed by atoms with Crippen LogP contribution in [0.5, 0.6) is 0 Å². The molecular weight excluding hydrogens is 178 g/mol. The molecule has 1 aromatic carbocycles. The van der Waals surface area contributed by atoms with Gasteiger partial charge in [0.15, 0.2) is 0 Å². The Kier molecular flexibility index (Phi) is 2.39. The summed E-state index contributed by atoms with van der Waals surface area (Å²) in [5.41, 5.74) is 1.35. The van der Waals surface area contributed by atoms with E-state index in [0.717, 1.165) is 18.8 Å². The number of anilines is 1. The van der Waals surface area contributed by atoms with Gasteiger partial charge in [-0.1, -0.05) is 0 Å². The Morgan fingerprint density at radius 3 is 2.14 bits per heavy atom. The van der Waals surface area contributed by atoms with Crippen LogP contribution in [0.3, 0.4) is 0 Å². The molecule has 0 unspecified atom stereocenters. The van der Waals surface area contributed by atoms with Gasteiger partial charge in [0.25, 0.3) is 0 Å². The first-order valence-corrected chi connectivity index (χ1v) is 4.84. The van der Waals surface area contributed by atoms with Gasteiger partial charge in [-0.05, 0) is 37.1 Å². The maximum Gasteiger partial charge on any atom is 0.386 e. The molecule has 0 aromatic heterocycles. The fourth-order valence-electron chi connectivity index (χ4n) is 1.78. The molecular formula is C11H12NO2. The molecule has 73 valence electrons. The van der Waals surface area contributed by atoms with Crippen molar-refractivity contribution in [2.75, 3.05) is 18.0 Å². The molecule has 2 rings (SSSR count). The number of hydrogen-bond donors (Lipinski definition) is 0. The third kappa shape index (κ3) is 1.71. The van der Waals surface area contributed by atoms with Crippen LogP contribution in [0.15, 0.2) is 24.3 Å². The van der Waals surface area contributed by atoms with E-state index in [1.807, 2.05) is 12.1 Å². The van der Waals surface area contributed by atoms with Gasteiger partial charge in [0.05, 0.1) is 5.56 Å². The van der Waals surface area contributed by atoms with E-state index in [9.17, 15) is 9.90 Å². The molecule has 1 aliphatic rings. The van der Waals surface area contributed by atoms with Gasteiger partial charge in [-0.3, -0.25) is 0 Å². The van der Waals surface area contributed by atoms with Gasteiger partial charge >= 0.3 is 5.97 Å². The molecule has 0 N–H and O–H groups in total. The van der Waals surface area contributed by atoms with Gasteiger partial charge in [0.2, 0.25) is 0 Å². The predicted octanol–water partition coefficient (Wildman–Crippen LogP) is 1.86. The second kappa shape index (κ2) is 3.70. The minimum atomic E-state index is -1.11. The Balaban J connectivity index is 2.16. The molecule has 1 aromatic rings. The van der Waals surface area contributed by atoms with Crippen molar-refractivity contribution >= 4 is 11.7 Å². The predicted molar refractivity (Wildman–Crippen MR) is 52.9 cm³/mol. The number of carbonyl (C=O) groups is 1. The first-order valence-electron chi connectivity index (χ1n) is 4.84. The van der Waals surface area contributed by atoms with Crippen molar-refractivity contribution in [2.24, 2.45) is 0 Å². The van der Waals surface area contributed by atoms with Crippen LogP contribution in [0, 0.1) is 0 Å². The summed E-state index contributed by atoms with van der Waals surface area (Å²) in [6, 6.07) is 6.89. The van der Waals surface area contributed by atoms with Crippen molar-refractivity contribution in [3.63, 3.8) is 0 Å². The molecule has 0 aliphatic carbocycles. The van der Waals surface area contributed by atoms with Crippen LogP contribution < -0.4 is 4.90 Å². The normalized spacial score (nSPS) is 15.9. The van der Waals surface area contributed by atoms with Crippen LogP contribution in [-0.2, 0) is 5.11 Å². The fourth-order valence-corrected chi connectivity index (χ4v) is 1.78. The van der Waals surface area contributed by atoms with Crippen molar-refractivity contribution in [1.82, 2.24) is 0 Å². The van der Waals surface area contributed by atoms with Crippen molar-refractivity contribution in [1.29, 1.82) is 0 Å². The lowest BCUT2D eigenvalue weighted by molar-refractivity contribution is 0.0573. The van der Waals surface area contributed by atoms with Crippen LogP contribution in [0.25, 0.3) is 0 Å². The summed E-state index contributed by atoms with van der Waals surface area (Å²) in [6.45, 7) is 2.15. The second-order valence-corrected chi connectivity index (χ2v) is 3.53. The Labute approximate surface area is 83.0 Å².